The SMILES string of the molecule is O=C(Nc1cc(-c2ccccc2)nn1-c1ccccc1Cl)c1cc(Cl)cc(Cl)c1. The average Bonchev–Trinajstić information content (AvgIpc) is 3.12. The van der Waals surface area contributed by atoms with Crippen LogP contribution in [-0.2, 0) is 0 Å². The first-order chi connectivity index (χ1) is 14.0. The Bertz CT molecular complexity index is 1170. The van der Waals surface area contributed by atoms with E-state index in [1.54, 1.807) is 35.0 Å². The van der Waals surface area contributed by atoms with E-state index in [1.807, 2.05) is 48.5 Å². The number of nitrogens with one attached hydrogen (secondary N) is 1. The van der Waals surface area contributed by atoms with Gasteiger partial charge < -0.3 is 5.32 Å². The number of carbonyl (C=O) groups is 1. The first kappa shape index (κ1) is 19.5. The van der Waals surface area contributed by atoms with Crippen molar-refractivity contribution in [1.29, 1.82) is 0 Å². The third-order valence-corrected chi connectivity index (χ3v) is 4.98. The monoisotopic (exact) mass is 441 g/mol. The molecular weight excluding hydrogens is 429 g/mol. The number of benzene rings is 3. The molecule has 0 bridgehead atoms. The van der Waals surface area contributed by atoms with E-state index in [0.29, 0.717) is 37.8 Å². The summed E-state index contributed by atoms with van der Waals surface area (Å²) in [6.45, 7) is 0. The molecule has 4 rings (SSSR count). The number of amides is 1. The van der Waals surface area contributed by atoms with Crippen molar-refractivity contribution in [2.24, 2.45) is 0 Å². The summed E-state index contributed by atoms with van der Waals surface area (Å²) in [7, 11) is 0. The van der Waals surface area contributed by atoms with Gasteiger partial charge in [-0.15, -0.1) is 0 Å². The predicted molar refractivity (Wildman–Crippen MR) is 118 cm³/mol. The van der Waals surface area contributed by atoms with Crippen LogP contribution in [-0.4, -0.2) is 15.7 Å². The quantitative estimate of drug-likeness (QED) is 0.380. The fraction of sp³-hybridized carbons (Fsp3) is 0. The number of para-hydroxylation sites is 1. The van der Waals surface area contributed by atoms with Crippen LogP contribution in [0.3, 0.4) is 0 Å². The summed E-state index contributed by atoms with van der Waals surface area (Å²) in [5.74, 6) is 0.111. The number of halogens is 3. The molecule has 1 heterocycles. The molecule has 29 heavy (non-hydrogen) atoms. The number of nitrogens with zero attached hydrogens (tertiary/aromatic N) is 2. The lowest BCUT2D eigenvalue weighted by Gasteiger charge is -2.10. The van der Waals surface area contributed by atoms with E-state index in [9.17, 15) is 4.79 Å². The number of aromatic nitrogens is 2. The highest BCUT2D eigenvalue weighted by atomic mass is 35.5. The van der Waals surface area contributed by atoms with Crippen LogP contribution in [0.1, 0.15) is 10.4 Å². The molecule has 4 aromatic rings. The third-order valence-electron chi connectivity index (χ3n) is 4.23. The number of anilines is 1. The van der Waals surface area contributed by atoms with Crippen molar-refractivity contribution in [2.45, 2.75) is 0 Å². The van der Waals surface area contributed by atoms with Gasteiger partial charge in [0.1, 0.15) is 5.82 Å². The van der Waals surface area contributed by atoms with E-state index in [-0.39, 0.29) is 5.91 Å². The molecule has 7 heteroatoms. The topological polar surface area (TPSA) is 46.9 Å². The summed E-state index contributed by atoms with van der Waals surface area (Å²) in [4.78, 5) is 12.8. The molecule has 0 aliphatic carbocycles. The molecule has 0 radical (unpaired) electrons. The molecule has 3 aromatic carbocycles. The van der Waals surface area contributed by atoms with Gasteiger partial charge >= 0.3 is 0 Å². The van der Waals surface area contributed by atoms with E-state index in [2.05, 4.69) is 10.4 Å². The fourth-order valence-electron chi connectivity index (χ4n) is 2.90. The lowest BCUT2D eigenvalue weighted by atomic mass is 10.1. The molecule has 0 saturated heterocycles. The smallest absolute Gasteiger partial charge is 0.256 e. The van der Waals surface area contributed by atoms with Gasteiger partial charge in [-0.3, -0.25) is 4.79 Å². The Hall–Kier alpha value is -2.79. The van der Waals surface area contributed by atoms with E-state index >= 15 is 0 Å². The molecule has 0 spiro atoms. The van der Waals surface area contributed by atoms with Crippen molar-refractivity contribution in [1.82, 2.24) is 9.78 Å². The maximum Gasteiger partial charge on any atom is 0.256 e. The van der Waals surface area contributed by atoms with Crippen molar-refractivity contribution < 1.29 is 4.79 Å². The molecule has 144 valence electrons. The van der Waals surface area contributed by atoms with Crippen LogP contribution in [0.4, 0.5) is 5.82 Å². The highest BCUT2D eigenvalue weighted by Crippen LogP contribution is 2.29. The van der Waals surface area contributed by atoms with Gasteiger partial charge in [-0.05, 0) is 30.3 Å². The van der Waals surface area contributed by atoms with Crippen LogP contribution in [0.15, 0.2) is 78.9 Å². The van der Waals surface area contributed by atoms with Crippen molar-refractivity contribution in [2.75, 3.05) is 5.32 Å². The second-order valence-electron chi connectivity index (χ2n) is 6.26. The third kappa shape index (κ3) is 4.30. The van der Waals surface area contributed by atoms with Crippen LogP contribution in [0.2, 0.25) is 15.1 Å². The minimum absolute atomic E-state index is 0.343. The molecule has 1 N–H and O–H groups in total. The molecular formula is C22H14Cl3N3O. The molecule has 0 aliphatic rings. The maximum atomic E-state index is 12.8. The molecule has 1 aromatic heterocycles. The van der Waals surface area contributed by atoms with Crippen LogP contribution >= 0.6 is 34.8 Å². The summed E-state index contributed by atoms with van der Waals surface area (Å²) in [6.07, 6.45) is 0. The second kappa shape index (κ2) is 8.29. The largest absolute Gasteiger partial charge is 0.306 e. The van der Waals surface area contributed by atoms with Gasteiger partial charge in [0.25, 0.3) is 5.91 Å². The molecule has 0 unspecified atom stereocenters. The highest BCUT2D eigenvalue weighted by molar-refractivity contribution is 6.35. The summed E-state index contributed by atoms with van der Waals surface area (Å²) in [5.41, 5.74) is 2.61. The second-order valence-corrected chi connectivity index (χ2v) is 7.54. The minimum atomic E-state index is -0.359. The summed E-state index contributed by atoms with van der Waals surface area (Å²) >= 11 is 18.4. The number of hydrogen-bond acceptors (Lipinski definition) is 2. The Morgan fingerprint density at radius 2 is 1.48 bits per heavy atom. The summed E-state index contributed by atoms with van der Waals surface area (Å²) in [5, 5.41) is 8.82. The van der Waals surface area contributed by atoms with Crippen LogP contribution < -0.4 is 5.32 Å². The first-order valence-electron chi connectivity index (χ1n) is 8.69. The lowest BCUT2D eigenvalue weighted by Crippen LogP contribution is -2.15. The molecule has 1 amide bonds. The normalized spacial score (nSPS) is 10.7. The Morgan fingerprint density at radius 1 is 0.828 bits per heavy atom. The van der Waals surface area contributed by atoms with Crippen LogP contribution in [0.25, 0.3) is 16.9 Å². The lowest BCUT2D eigenvalue weighted by molar-refractivity contribution is 0.102. The van der Waals surface area contributed by atoms with Gasteiger partial charge in [0.15, 0.2) is 0 Å². The van der Waals surface area contributed by atoms with E-state index in [4.69, 9.17) is 34.8 Å². The minimum Gasteiger partial charge on any atom is -0.306 e. The highest BCUT2D eigenvalue weighted by Gasteiger charge is 2.17. The first-order valence-corrected chi connectivity index (χ1v) is 9.82. The Morgan fingerprint density at radius 3 is 2.17 bits per heavy atom. The Balaban J connectivity index is 1.78. The molecule has 0 aliphatic heterocycles. The van der Waals surface area contributed by atoms with Crippen LogP contribution in [0.5, 0.6) is 0 Å². The van der Waals surface area contributed by atoms with E-state index in [0.717, 1.165) is 5.56 Å². The van der Waals surface area contributed by atoms with Crippen molar-refractivity contribution in [3.05, 3.63) is 99.5 Å². The Kier molecular flexibility index (Phi) is 5.58. The maximum absolute atomic E-state index is 12.8. The van der Waals surface area contributed by atoms with Gasteiger partial charge in [-0.25, -0.2) is 4.68 Å². The van der Waals surface area contributed by atoms with E-state index in [1.165, 1.54) is 0 Å². The van der Waals surface area contributed by atoms with Gasteiger partial charge in [-0.2, -0.15) is 5.10 Å². The standard InChI is InChI=1S/C22H14Cl3N3O/c23-16-10-15(11-17(24)12-16)22(29)26-21-13-19(14-6-2-1-3-7-14)27-28(21)20-9-5-4-8-18(20)25/h1-13H,(H,26,29). The summed E-state index contributed by atoms with van der Waals surface area (Å²) in [6, 6.07) is 23.4. The summed E-state index contributed by atoms with van der Waals surface area (Å²) < 4.78 is 1.61. The zero-order chi connectivity index (χ0) is 20.4. The molecule has 4 nitrogen and oxygen atoms in total. The van der Waals surface area contributed by atoms with Gasteiger partial charge in [0.05, 0.1) is 16.4 Å². The van der Waals surface area contributed by atoms with Gasteiger partial charge in [-0.1, -0.05) is 77.3 Å². The zero-order valence-corrected chi connectivity index (χ0v) is 17.2. The van der Waals surface area contributed by atoms with Gasteiger partial charge in [0, 0.05) is 27.2 Å². The average molecular weight is 443 g/mol. The molecule has 0 saturated carbocycles. The van der Waals surface area contributed by atoms with Crippen molar-refractivity contribution in [3.8, 4) is 16.9 Å². The van der Waals surface area contributed by atoms with Crippen molar-refractivity contribution in [3.63, 3.8) is 0 Å². The number of rotatable bonds is 4. The van der Waals surface area contributed by atoms with Crippen molar-refractivity contribution >= 4 is 46.5 Å². The fourth-order valence-corrected chi connectivity index (χ4v) is 3.64. The van der Waals surface area contributed by atoms with Gasteiger partial charge in [0.2, 0.25) is 0 Å². The molecule has 0 atom stereocenters. The predicted octanol–water partition coefficient (Wildman–Crippen LogP) is 6.75. The van der Waals surface area contributed by atoms with Crippen LogP contribution in [0, 0.1) is 0 Å². The number of hydrogen-bond donors (Lipinski definition) is 1. The molecule has 0 fully saturated rings. The Labute approximate surface area is 182 Å². The van der Waals surface area contributed by atoms with E-state index < -0.39 is 0 Å². The zero-order valence-electron chi connectivity index (χ0n) is 14.9. The number of carbonyl (C=O) groups excluding carboxylic acids is 1.